The lowest BCUT2D eigenvalue weighted by atomic mass is 10.1. The number of rotatable bonds is 11. The summed E-state index contributed by atoms with van der Waals surface area (Å²) in [5, 5.41) is 3.66. The fourth-order valence-electron chi connectivity index (χ4n) is 3.25. The summed E-state index contributed by atoms with van der Waals surface area (Å²) in [6.45, 7) is 7.39. The Bertz CT molecular complexity index is 709. The van der Waals surface area contributed by atoms with Crippen LogP contribution in [0, 0.1) is 0 Å². The Kier molecular flexibility index (Phi) is 10.7. The van der Waals surface area contributed by atoms with Gasteiger partial charge in [-0.2, -0.15) is 0 Å². The third-order valence-electron chi connectivity index (χ3n) is 4.86. The molecule has 1 saturated heterocycles. The average molecular weight is 458 g/mol. The number of nitrogens with one attached hydrogen (secondary N) is 1. The maximum Gasteiger partial charge on any atom is 0.230 e. The van der Waals surface area contributed by atoms with Crippen LogP contribution in [-0.4, -0.2) is 78.4 Å². The quantitative estimate of drug-likeness (QED) is 0.236. The second kappa shape index (κ2) is 13.0. The Balaban J connectivity index is 1.90. The maximum absolute atomic E-state index is 12.4. The molecule has 8 nitrogen and oxygen atoms in total. The highest BCUT2D eigenvalue weighted by atomic mass is 35.5. The van der Waals surface area contributed by atoms with Crippen molar-refractivity contribution in [3.8, 4) is 0 Å². The lowest BCUT2D eigenvalue weighted by Gasteiger charge is -2.40. The fourth-order valence-corrected chi connectivity index (χ4v) is 4.16. The molecular formula is C20H32ClN5O3S. The van der Waals surface area contributed by atoms with Gasteiger partial charge in [0.25, 0.3) is 0 Å². The molecule has 168 valence electrons. The van der Waals surface area contributed by atoms with Crippen molar-refractivity contribution < 1.29 is 14.3 Å². The Labute approximate surface area is 188 Å². The molecule has 2 amide bonds. The second-order valence-corrected chi connectivity index (χ2v) is 8.63. The zero-order valence-electron chi connectivity index (χ0n) is 18.0. The molecule has 1 N–H and O–H groups in total. The van der Waals surface area contributed by atoms with Gasteiger partial charge in [0.15, 0.2) is 5.16 Å². The highest BCUT2D eigenvalue weighted by Gasteiger charge is 2.28. The van der Waals surface area contributed by atoms with Gasteiger partial charge in [0.2, 0.25) is 11.8 Å². The molecule has 0 spiro atoms. The number of carbonyl (C=O) groups is 2. The van der Waals surface area contributed by atoms with Crippen molar-refractivity contribution in [2.24, 2.45) is 0 Å². The van der Waals surface area contributed by atoms with Crippen LogP contribution in [-0.2, 0) is 14.3 Å². The SMILES string of the molecule is CCCCC(=O)N1CCN(c2cc(Cl)nc(SCC(=O)NCCCOC)n2)CC1C. The predicted octanol–water partition coefficient (Wildman–Crippen LogP) is 2.60. The minimum absolute atomic E-state index is 0.0749. The molecule has 10 heteroatoms. The number of halogens is 1. The number of hydrogen-bond acceptors (Lipinski definition) is 7. The molecule has 0 aromatic carbocycles. The average Bonchev–Trinajstić information content (AvgIpc) is 2.73. The van der Waals surface area contributed by atoms with Crippen molar-refractivity contribution >= 4 is 41.0 Å². The molecule has 0 saturated carbocycles. The van der Waals surface area contributed by atoms with Crippen LogP contribution in [0.2, 0.25) is 5.15 Å². The van der Waals surface area contributed by atoms with Crippen molar-refractivity contribution in [3.63, 3.8) is 0 Å². The van der Waals surface area contributed by atoms with E-state index in [4.69, 9.17) is 16.3 Å². The molecule has 1 atom stereocenters. The molecule has 2 rings (SSSR count). The molecular weight excluding hydrogens is 426 g/mol. The molecule has 1 aliphatic rings. The molecule has 1 aliphatic heterocycles. The van der Waals surface area contributed by atoms with Gasteiger partial charge in [-0.1, -0.05) is 36.7 Å². The zero-order valence-corrected chi connectivity index (χ0v) is 19.6. The first-order valence-corrected chi connectivity index (χ1v) is 11.8. The molecule has 1 aromatic rings. The van der Waals surface area contributed by atoms with E-state index in [0.29, 0.717) is 49.5 Å². The van der Waals surface area contributed by atoms with E-state index in [1.165, 1.54) is 11.8 Å². The van der Waals surface area contributed by atoms with E-state index in [9.17, 15) is 9.59 Å². The number of anilines is 1. The third-order valence-corrected chi connectivity index (χ3v) is 5.90. The van der Waals surface area contributed by atoms with Gasteiger partial charge in [-0.25, -0.2) is 9.97 Å². The zero-order chi connectivity index (χ0) is 21.9. The van der Waals surface area contributed by atoms with Crippen LogP contribution in [0.25, 0.3) is 0 Å². The van der Waals surface area contributed by atoms with Crippen molar-refractivity contribution in [1.29, 1.82) is 0 Å². The van der Waals surface area contributed by atoms with Crippen molar-refractivity contribution in [2.45, 2.75) is 50.7 Å². The summed E-state index contributed by atoms with van der Waals surface area (Å²) < 4.78 is 4.96. The van der Waals surface area contributed by atoms with E-state index in [0.717, 1.165) is 25.1 Å². The van der Waals surface area contributed by atoms with Crippen LogP contribution in [0.15, 0.2) is 11.2 Å². The fraction of sp³-hybridized carbons (Fsp3) is 0.700. The molecule has 1 fully saturated rings. The van der Waals surface area contributed by atoms with E-state index in [2.05, 4.69) is 34.0 Å². The summed E-state index contributed by atoms with van der Waals surface area (Å²) >= 11 is 7.46. The second-order valence-electron chi connectivity index (χ2n) is 7.30. The Hall–Kier alpha value is -1.58. The number of thioether (sulfide) groups is 1. The first-order valence-electron chi connectivity index (χ1n) is 10.4. The van der Waals surface area contributed by atoms with E-state index < -0.39 is 0 Å². The van der Waals surface area contributed by atoms with E-state index in [1.807, 2.05) is 4.90 Å². The molecule has 1 unspecified atom stereocenters. The van der Waals surface area contributed by atoms with Crippen molar-refractivity contribution in [3.05, 3.63) is 11.2 Å². The summed E-state index contributed by atoms with van der Waals surface area (Å²) in [5.74, 6) is 1.10. The first kappa shape index (κ1) is 24.7. The predicted molar refractivity (Wildman–Crippen MR) is 120 cm³/mol. The van der Waals surface area contributed by atoms with Crippen LogP contribution < -0.4 is 10.2 Å². The largest absolute Gasteiger partial charge is 0.385 e. The monoisotopic (exact) mass is 457 g/mol. The molecule has 2 heterocycles. The smallest absolute Gasteiger partial charge is 0.230 e. The van der Waals surface area contributed by atoms with Crippen molar-refractivity contribution in [2.75, 3.05) is 50.5 Å². The van der Waals surface area contributed by atoms with Gasteiger partial charge in [-0.3, -0.25) is 9.59 Å². The van der Waals surface area contributed by atoms with Crippen molar-refractivity contribution in [1.82, 2.24) is 20.2 Å². The highest BCUT2D eigenvalue weighted by molar-refractivity contribution is 7.99. The number of carbonyl (C=O) groups excluding carboxylic acids is 2. The number of aromatic nitrogens is 2. The number of methoxy groups -OCH3 is 1. The first-order chi connectivity index (χ1) is 14.4. The molecule has 0 aliphatic carbocycles. The summed E-state index contributed by atoms with van der Waals surface area (Å²) in [6.07, 6.45) is 3.32. The summed E-state index contributed by atoms with van der Waals surface area (Å²) in [5.41, 5.74) is 0. The number of piperazine rings is 1. The van der Waals surface area contributed by atoms with Crippen LogP contribution in [0.4, 0.5) is 5.82 Å². The van der Waals surface area contributed by atoms with Gasteiger partial charge >= 0.3 is 0 Å². The van der Waals surface area contributed by atoms with Gasteiger partial charge in [0.1, 0.15) is 11.0 Å². The van der Waals surface area contributed by atoms with Crippen LogP contribution in [0.1, 0.15) is 39.5 Å². The lowest BCUT2D eigenvalue weighted by Crippen LogP contribution is -2.54. The minimum Gasteiger partial charge on any atom is -0.385 e. The van der Waals surface area contributed by atoms with Crippen LogP contribution in [0.3, 0.4) is 0 Å². The molecule has 0 radical (unpaired) electrons. The molecule has 30 heavy (non-hydrogen) atoms. The summed E-state index contributed by atoms with van der Waals surface area (Å²) in [7, 11) is 1.64. The number of hydrogen-bond donors (Lipinski definition) is 1. The van der Waals surface area contributed by atoms with Gasteiger partial charge in [0.05, 0.1) is 5.75 Å². The Morgan fingerprint density at radius 3 is 2.83 bits per heavy atom. The third kappa shape index (κ3) is 7.92. The van der Waals surface area contributed by atoms with Gasteiger partial charge < -0.3 is 19.9 Å². The van der Waals surface area contributed by atoms with Gasteiger partial charge in [0, 0.05) is 58.4 Å². The van der Waals surface area contributed by atoms with Crippen LogP contribution >= 0.6 is 23.4 Å². The lowest BCUT2D eigenvalue weighted by molar-refractivity contribution is -0.133. The number of amides is 2. The minimum atomic E-state index is -0.0749. The Morgan fingerprint density at radius 2 is 2.13 bits per heavy atom. The van der Waals surface area contributed by atoms with E-state index >= 15 is 0 Å². The number of nitrogens with zero attached hydrogens (tertiary/aromatic N) is 4. The van der Waals surface area contributed by atoms with Gasteiger partial charge in [-0.05, 0) is 19.8 Å². The standard InChI is InChI=1S/C20H32ClN5O3S/c1-4-5-7-19(28)26-10-9-25(13-15(26)2)17-12-16(21)23-20(24-17)30-14-18(27)22-8-6-11-29-3/h12,15H,4-11,13-14H2,1-3H3,(H,22,27). The highest BCUT2D eigenvalue weighted by Crippen LogP contribution is 2.24. The summed E-state index contributed by atoms with van der Waals surface area (Å²) in [6, 6.07) is 1.84. The normalized spacial score (nSPS) is 16.6. The number of unbranched alkanes of at least 4 members (excludes halogenated alkanes) is 1. The maximum atomic E-state index is 12.4. The van der Waals surface area contributed by atoms with Gasteiger partial charge in [-0.15, -0.1) is 0 Å². The number of ether oxygens (including phenoxy) is 1. The summed E-state index contributed by atoms with van der Waals surface area (Å²) in [4.78, 5) is 37.2. The van der Waals surface area contributed by atoms with E-state index in [-0.39, 0.29) is 23.6 Å². The van der Waals surface area contributed by atoms with Crippen LogP contribution in [0.5, 0.6) is 0 Å². The Morgan fingerprint density at radius 1 is 1.33 bits per heavy atom. The molecule has 0 bridgehead atoms. The molecule has 1 aromatic heterocycles. The van der Waals surface area contributed by atoms with E-state index in [1.54, 1.807) is 13.2 Å². The topological polar surface area (TPSA) is 87.7 Å².